The molecule has 1 fully saturated rings. The summed E-state index contributed by atoms with van der Waals surface area (Å²) in [6.45, 7) is 2.30. The lowest BCUT2D eigenvalue weighted by atomic mass is 9.97. The van der Waals surface area contributed by atoms with Crippen LogP contribution in [0.1, 0.15) is 26.2 Å². The molecule has 0 amide bonds. The molecule has 0 aromatic rings. The first-order chi connectivity index (χ1) is 8.11. The Morgan fingerprint density at radius 3 is 2.41 bits per heavy atom. The smallest absolute Gasteiger partial charge is 0.173 e. The van der Waals surface area contributed by atoms with Crippen LogP contribution in [-0.2, 0) is 4.74 Å². The van der Waals surface area contributed by atoms with Crippen molar-refractivity contribution in [1.82, 2.24) is 5.32 Å². The van der Waals surface area contributed by atoms with E-state index in [0.717, 1.165) is 19.3 Å². The number of ether oxygens (including phenoxy) is 1. The molecular formula is C11H23NO5. The van der Waals surface area contributed by atoms with Gasteiger partial charge in [-0.25, -0.2) is 0 Å². The van der Waals surface area contributed by atoms with Gasteiger partial charge >= 0.3 is 0 Å². The molecule has 5 atom stereocenters. The average Bonchev–Trinajstić information content (AvgIpc) is 2.32. The van der Waals surface area contributed by atoms with Gasteiger partial charge in [0.1, 0.15) is 18.3 Å². The van der Waals surface area contributed by atoms with Gasteiger partial charge in [0.15, 0.2) is 6.29 Å². The summed E-state index contributed by atoms with van der Waals surface area (Å²) >= 11 is 0. The highest BCUT2D eigenvalue weighted by Crippen LogP contribution is 2.19. The number of rotatable bonds is 6. The van der Waals surface area contributed by atoms with Crippen LogP contribution >= 0.6 is 0 Å². The minimum atomic E-state index is -1.22. The molecule has 17 heavy (non-hydrogen) atoms. The molecule has 1 rings (SSSR count). The van der Waals surface area contributed by atoms with E-state index in [9.17, 15) is 15.3 Å². The van der Waals surface area contributed by atoms with Crippen LogP contribution in [0.5, 0.6) is 0 Å². The molecule has 0 aliphatic carbocycles. The van der Waals surface area contributed by atoms with E-state index in [-0.39, 0.29) is 0 Å². The monoisotopic (exact) mass is 249 g/mol. The first-order valence-corrected chi connectivity index (χ1v) is 6.15. The van der Waals surface area contributed by atoms with E-state index in [4.69, 9.17) is 9.84 Å². The molecule has 0 radical (unpaired) electrons. The van der Waals surface area contributed by atoms with Crippen molar-refractivity contribution >= 4 is 0 Å². The Morgan fingerprint density at radius 1 is 1.12 bits per heavy atom. The molecule has 0 saturated carbocycles. The maximum Gasteiger partial charge on any atom is 0.173 e. The molecule has 1 saturated heterocycles. The molecule has 1 aliphatic rings. The van der Waals surface area contributed by atoms with Crippen molar-refractivity contribution in [3.8, 4) is 0 Å². The van der Waals surface area contributed by atoms with Crippen LogP contribution in [0.15, 0.2) is 0 Å². The second-order valence-corrected chi connectivity index (χ2v) is 4.42. The average molecular weight is 249 g/mol. The van der Waals surface area contributed by atoms with E-state index in [0.29, 0.717) is 6.54 Å². The van der Waals surface area contributed by atoms with E-state index in [1.54, 1.807) is 0 Å². The Bertz CT molecular complexity index is 216. The summed E-state index contributed by atoms with van der Waals surface area (Å²) in [4.78, 5) is 0. The molecule has 0 bridgehead atoms. The molecule has 102 valence electrons. The van der Waals surface area contributed by atoms with Crippen LogP contribution in [-0.4, -0.2) is 64.2 Å². The van der Waals surface area contributed by atoms with Crippen molar-refractivity contribution in [3.05, 3.63) is 0 Å². The van der Waals surface area contributed by atoms with Crippen LogP contribution in [0.2, 0.25) is 0 Å². The van der Waals surface area contributed by atoms with Gasteiger partial charge in [-0.05, 0) is 13.0 Å². The van der Waals surface area contributed by atoms with E-state index < -0.39 is 37.3 Å². The third-order valence-corrected chi connectivity index (χ3v) is 3.06. The summed E-state index contributed by atoms with van der Waals surface area (Å²) < 4.78 is 5.02. The molecule has 0 unspecified atom stereocenters. The normalized spacial score (nSPS) is 38.3. The molecule has 6 nitrogen and oxygen atoms in total. The van der Waals surface area contributed by atoms with Gasteiger partial charge in [-0.15, -0.1) is 0 Å². The minimum absolute atomic E-state index is 0.433. The largest absolute Gasteiger partial charge is 0.394 e. The van der Waals surface area contributed by atoms with Crippen molar-refractivity contribution in [3.63, 3.8) is 0 Å². The lowest BCUT2D eigenvalue weighted by Gasteiger charge is -2.40. The quantitative estimate of drug-likeness (QED) is 0.370. The van der Waals surface area contributed by atoms with E-state index in [2.05, 4.69) is 12.2 Å². The van der Waals surface area contributed by atoms with E-state index in [1.165, 1.54) is 0 Å². The van der Waals surface area contributed by atoms with Gasteiger partial charge in [0, 0.05) is 0 Å². The van der Waals surface area contributed by atoms with E-state index in [1.807, 2.05) is 0 Å². The zero-order chi connectivity index (χ0) is 12.8. The predicted molar refractivity (Wildman–Crippen MR) is 61.3 cm³/mol. The molecule has 0 aromatic carbocycles. The number of aliphatic hydroxyl groups is 4. The van der Waals surface area contributed by atoms with Gasteiger partial charge in [-0.3, -0.25) is 0 Å². The molecule has 1 aliphatic heterocycles. The summed E-state index contributed by atoms with van der Waals surface area (Å²) in [6, 6.07) is -0.718. The molecular weight excluding hydrogens is 226 g/mol. The first kappa shape index (κ1) is 14.8. The summed E-state index contributed by atoms with van der Waals surface area (Å²) in [6.07, 6.45) is -1.39. The Hall–Kier alpha value is -0.240. The fourth-order valence-electron chi connectivity index (χ4n) is 1.96. The van der Waals surface area contributed by atoms with Gasteiger partial charge in [-0.1, -0.05) is 19.8 Å². The topological polar surface area (TPSA) is 102 Å². The standard InChI is InChI=1S/C11H23NO5/c1-2-3-4-5-12-8-10(15)9(14)7(6-13)17-11(8)16/h7-16H,2-6H2,1H3/t7-,8-,9-,10-,11+/m1/s1. The lowest BCUT2D eigenvalue weighted by Crippen LogP contribution is -2.63. The zero-order valence-electron chi connectivity index (χ0n) is 10.1. The summed E-state index contributed by atoms with van der Waals surface area (Å²) in [5.41, 5.74) is 0. The van der Waals surface area contributed by atoms with Gasteiger partial charge < -0.3 is 30.5 Å². The second-order valence-electron chi connectivity index (χ2n) is 4.42. The van der Waals surface area contributed by atoms with Crippen LogP contribution in [0.25, 0.3) is 0 Å². The van der Waals surface area contributed by atoms with E-state index >= 15 is 0 Å². The fraction of sp³-hybridized carbons (Fsp3) is 1.00. The van der Waals surface area contributed by atoms with Gasteiger partial charge in [0.2, 0.25) is 0 Å². The summed E-state index contributed by atoms with van der Waals surface area (Å²) in [7, 11) is 0. The van der Waals surface area contributed by atoms with Crippen LogP contribution in [0.4, 0.5) is 0 Å². The predicted octanol–water partition coefficient (Wildman–Crippen LogP) is -1.43. The highest BCUT2D eigenvalue weighted by atomic mass is 16.6. The number of nitrogens with one attached hydrogen (secondary N) is 1. The van der Waals surface area contributed by atoms with Gasteiger partial charge in [0.25, 0.3) is 0 Å². The van der Waals surface area contributed by atoms with Crippen molar-refractivity contribution in [2.75, 3.05) is 13.2 Å². The Morgan fingerprint density at radius 2 is 1.82 bits per heavy atom. The van der Waals surface area contributed by atoms with Crippen molar-refractivity contribution in [2.24, 2.45) is 0 Å². The maximum atomic E-state index is 9.80. The highest BCUT2D eigenvalue weighted by molar-refractivity contribution is 4.92. The Kier molecular flexibility index (Phi) is 6.32. The number of unbranched alkanes of at least 4 members (excludes halogenated alkanes) is 2. The minimum Gasteiger partial charge on any atom is -0.394 e. The summed E-state index contributed by atoms with van der Waals surface area (Å²) in [5.74, 6) is 0. The van der Waals surface area contributed by atoms with Crippen molar-refractivity contribution < 1.29 is 25.2 Å². The third kappa shape index (κ3) is 3.87. The molecule has 5 N–H and O–H groups in total. The number of hydrogen-bond acceptors (Lipinski definition) is 6. The van der Waals surface area contributed by atoms with Crippen LogP contribution in [0.3, 0.4) is 0 Å². The Labute approximate surface area is 101 Å². The molecule has 0 aromatic heterocycles. The van der Waals surface area contributed by atoms with Gasteiger partial charge in [0.05, 0.1) is 12.6 Å². The highest BCUT2D eigenvalue weighted by Gasteiger charge is 2.43. The third-order valence-electron chi connectivity index (χ3n) is 3.06. The van der Waals surface area contributed by atoms with Crippen LogP contribution < -0.4 is 5.32 Å². The van der Waals surface area contributed by atoms with Crippen molar-refractivity contribution in [2.45, 2.75) is 56.8 Å². The lowest BCUT2D eigenvalue weighted by molar-refractivity contribution is -0.254. The zero-order valence-corrected chi connectivity index (χ0v) is 10.1. The van der Waals surface area contributed by atoms with Crippen LogP contribution in [0, 0.1) is 0 Å². The maximum absolute atomic E-state index is 9.80. The molecule has 1 heterocycles. The number of aliphatic hydroxyl groups excluding tert-OH is 4. The van der Waals surface area contributed by atoms with Crippen molar-refractivity contribution in [1.29, 1.82) is 0 Å². The fourth-order valence-corrected chi connectivity index (χ4v) is 1.96. The summed E-state index contributed by atoms with van der Waals surface area (Å²) in [5, 5.41) is 41.0. The molecule has 0 spiro atoms. The Balaban J connectivity index is 2.43. The van der Waals surface area contributed by atoms with Gasteiger partial charge in [-0.2, -0.15) is 0 Å². The molecule has 6 heteroatoms. The second kappa shape index (κ2) is 7.25. The first-order valence-electron chi connectivity index (χ1n) is 6.15. The number of hydrogen-bond donors (Lipinski definition) is 5. The SMILES string of the molecule is CCCCCN[C@@H]1[C@@H](O)[C@H](O)[C@@H](CO)O[C@@H]1O.